The summed E-state index contributed by atoms with van der Waals surface area (Å²) in [6.07, 6.45) is 7.58. The summed E-state index contributed by atoms with van der Waals surface area (Å²) in [6.45, 7) is 15.5. The first kappa shape index (κ1) is 27.2. The van der Waals surface area contributed by atoms with E-state index in [0.717, 1.165) is 29.6 Å². The first-order chi connectivity index (χ1) is 14.8. The molecule has 0 fully saturated rings. The van der Waals surface area contributed by atoms with E-state index in [1.807, 2.05) is 40.7 Å². The predicted molar refractivity (Wildman–Crippen MR) is 132 cm³/mol. The number of aromatic hydroxyl groups is 2. The van der Waals surface area contributed by atoms with Crippen LogP contribution in [0.2, 0.25) is 0 Å². The van der Waals surface area contributed by atoms with Gasteiger partial charge in [-0.1, -0.05) is 41.4 Å². The van der Waals surface area contributed by atoms with Crippen LogP contribution < -0.4 is 0 Å². The van der Waals surface area contributed by atoms with Crippen molar-refractivity contribution in [3.63, 3.8) is 0 Å². The van der Waals surface area contributed by atoms with E-state index in [9.17, 15) is 19.8 Å². The highest BCUT2D eigenvalue weighted by Crippen LogP contribution is 2.31. The van der Waals surface area contributed by atoms with Crippen molar-refractivity contribution < 1.29 is 19.8 Å². The van der Waals surface area contributed by atoms with Gasteiger partial charge in [0.1, 0.15) is 11.5 Å². The highest BCUT2D eigenvalue weighted by molar-refractivity contribution is 6.10. The number of carbonyl (C=O) groups is 2. The number of Topliss-reactive ketones (excluding diaryl/α,β-unsaturated/α-hetero) is 1. The lowest BCUT2D eigenvalue weighted by atomic mass is 9.80. The molecule has 0 aromatic heterocycles. The number of allylic oxidation sites excluding steroid dienone is 8. The molecule has 4 nitrogen and oxygen atoms in total. The fourth-order valence-corrected chi connectivity index (χ4v) is 3.53. The molecule has 0 saturated carbocycles. The third-order valence-corrected chi connectivity index (χ3v) is 5.70. The molecular formula is C28H38O4. The quantitative estimate of drug-likeness (QED) is 0.177. The maximum atomic E-state index is 13.2. The molecule has 0 saturated heterocycles. The molecule has 1 rings (SSSR count). The Morgan fingerprint density at radius 2 is 1.59 bits per heavy atom. The maximum Gasteiger partial charge on any atom is 0.192 e. The monoisotopic (exact) mass is 438 g/mol. The zero-order valence-electron chi connectivity index (χ0n) is 20.7. The second kappa shape index (κ2) is 12.2. The van der Waals surface area contributed by atoms with Crippen LogP contribution in [0.5, 0.6) is 11.5 Å². The van der Waals surface area contributed by atoms with E-state index in [2.05, 4.69) is 19.9 Å². The minimum Gasteiger partial charge on any atom is -0.508 e. The van der Waals surface area contributed by atoms with Gasteiger partial charge in [-0.2, -0.15) is 0 Å². The highest BCUT2D eigenvalue weighted by Gasteiger charge is 2.26. The van der Waals surface area contributed by atoms with E-state index in [1.54, 1.807) is 13.0 Å². The molecule has 0 radical (unpaired) electrons. The first-order valence-electron chi connectivity index (χ1n) is 11.1. The van der Waals surface area contributed by atoms with Gasteiger partial charge < -0.3 is 10.2 Å². The van der Waals surface area contributed by atoms with Gasteiger partial charge in [0.15, 0.2) is 11.6 Å². The summed E-state index contributed by atoms with van der Waals surface area (Å²) in [4.78, 5) is 26.2. The number of carbonyl (C=O) groups excluding carboxylic acids is 2. The molecule has 174 valence electrons. The van der Waals surface area contributed by atoms with Crippen molar-refractivity contribution in [1.82, 2.24) is 0 Å². The summed E-state index contributed by atoms with van der Waals surface area (Å²) in [6, 6.07) is 3.89. The number of hydrogen-bond donors (Lipinski definition) is 2. The predicted octanol–water partition coefficient (Wildman–Crippen LogP) is 7.10. The van der Waals surface area contributed by atoms with E-state index < -0.39 is 0 Å². The van der Waals surface area contributed by atoms with Crippen LogP contribution in [0, 0.1) is 11.8 Å². The SMILES string of the molecule is CC(C)=CCC/C(C)=C/C(=O)C(C=C(C)C)C(C)/C(C)=C(\C)C(=O)c1cc(O)ccc1O. The number of ketones is 2. The van der Waals surface area contributed by atoms with Gasteiger partial charge in [0.25, 0.3) is 0 Å². The van der Waals surface area contributed by atoms with E-state index in [-0.39, 0.29) is 40.5 Å². The van der Waals surface area contributed by atoms with Crippen molar-refractivity contribution in [2.45, 2.75) is 68.2 Å². The van der Waals surface area contributed by atoms with Crippen molar-refractivity contribution in [1.29, 1.82) is 0 Å². The van der Waals surface area contributed by atoms with Crippen LogP contribution >= 0.6 is 0 Å². The van der Waals surface area contributed by atoms with Gasteiger partial charge in [-0.3, -0.25) is 9.59 Å². The van der Waals surface area contributed by atoms with Gasteiger partial charge in [-0.05, 0) is 97.1 Å². The van der Waals surface area contributed by atoms with Gasteiger partial charge in [0.2, 0.25) is 0 Å². The number of phenols is 2. The number of benzene rings is 1. The van der Waals surface area contributed by atoms with Crippen LogP contribution in [-0.2, 0) is 4.79 Å². The zero-order chi connectivity index (χ0) is 24.6. The fraction of sp³-hybridized carbons (Fsp3) is 0.429. The average Bonchev–Trinajstić information content (AvgIpc) is 2.71. The van der Waals surface area contributed by atoms with Crippen molar-refractivity contribution in [3.05, 3.63) is 69.9 Å². The lowest BCUT2D eigenvalue weighted by molar-refractivity contribution is -0.117. The van der Waals surface area contributed by atoms with Gasteiger partial charge in [0, 0.05) is 5.92 Å². The molecule has 32 heavy (non-hydrogen) atoms. The molecule has 2 N–H and O–H groups in total. The Labute approximate surface area is 193 Å². The summed E-state index contributed by atoms with van der Waals surface area (Å²) < 4.78 is 0. The van der Waals surface area contributed by atoms with Gasteiger partial charge in [0.05, 0.1) is 5.56 Å². The molecule has 0 amide bonds. The van der Waals surface area contributed by atoms with Gasteiger partial charge in [-0.15, -0.1) is 0 Å². The lowest BCUT2D eigenvalue weighted by Crippen LogP contribution is -2.22. The Hall–Kier alpha value is -2.88. The van der Waals surface area contributed by atoms with Crippen LogP contribution in [0.15, 0.2) is 64.3 Å². The van der Waals surface area contributed by atoms with Crippen molar-refractivity contribution in [3.8, 4) is 11.5 Å². The Bertz CT molecular complexity index is 965. The van der Waals surface area contributed by atoms with Crippen LogP contribution in [0.4, 0.5) is 0 Å². The van der Waals surface area contributed by atoms with Crippen LogP contribution in [0.1, 0.15) is 78.6 Å². The molecule has 0 spiro atoms. The van der Waals surface area contributed by atoms with Crippen LogP contribution in [0.25, 0.3) is 0 Å². The summed E-state index contributed by atoms with van der Waals surface area (Å²) in [5, 5.41) is 19.8. The van der Waals surface area contributed by atoms with Gasteiger partial charge in [-0.25, -0.2) is 0 Å². The molecule has 0 heterocycles. The molecule has 2 unspecified atom stereocenters. The second-order valence-electron chi connectivity index (χ2n) is 9.11. The summed E-state index contributed by atoms with van der Waals surface area (Å²) in [5.41, 5.74) is 4.62. The second-order valence-corrected chi connectivity index (χ2v) is 9.11. The molecule has 0 bridgehead atoms. The van der Waals surface area contributed by atoms with E-state index >= 15 is 0 Å². The maximum absolute atomic E-state index is 13.2. The normalized spacial score (nSPS) is 14.2. The van der Waals surface area contributed by atoms with Gasteiger partial charge >= 0.3 is 0 Å². The molecule has 2 atom stereocenters. The third-order valence-electron chi connectivity index (χ3n) is 5.70. The molecule has 4 heteroatoms. The Balaban J connectivity index is 3.25. The lowest BCUT2D eigenvalue weighted by Gasteiger charge is -2.22. The Morgan fingerprint density at radius 1 is 0.969 bits per heavy atom. The molecule has 0 aliphatic heterocycles. The minimum atomic E-state index is -0.390. The highest BCUT2D eigenvalue weighted by atomic mass is 16.3. The number of phenolic OH excluding ortho intramolecular Hbond substituents is 2. The summed E-state index contributed by atoms with van der Waals surface area (Å²) >= 11 is 0. The van der Waals surface area contributed by atoms with Crippen molar-refractivity contribution in [2.24, 2.45) is 11.8 Å². The number of rotatable bonds is 10. The molecule has 0 aliphatic rings. The Kier molecular flexibility index (Phi) is 10.4. The average molecular weight is 439 g/mol. The third kappa shape index (κ3) is 7.99. The van der Waals surface area contributed by atoms with Crippen LogP contribution in [0.3, 0.4) is 0 Å². The van der Waals surface area contributed by atoms with E-state index in [0.29, 0.717) is 5.57 Å². The summed E-state index contributed by atoms with van der Waals surface area (Å²) in [7, 11) is 0. The van der Waals surface area contributed by atoms with E-state index in [1.165, 1.54) is 23.8 Å². The number of hydrogen-bond acceptors (Lipinski definition) is 4. The largest absolute Gasteiger partial charge is 0.508 e. The van der Waals surface area contributed by atoms with Crippen molar-refractivity contribution >= 4 is 11.6 Å². The van der Waals surface area contributed by atoms with E-state index in [4.69, 9.17) is 0 Å². The smallest absolute Gasteiger partial charge is 0.192 e. The Morgan fingerprint density at radius 3 is 2.16 bits per heavy atom. The van der Waals surface area contributed by atoms with Crippen molar-refractivity contribution in [2.75, 3.05) is 0 Å². The van der Waals surface area contributed by atoms with Crippen LogP contribution in [-0.4, -0.2) is 21.8 Å². The standard InChI is InChI=1S/C28H38O4/c1-17(2)10-9-11-19(5)15-27(31)24(14-18(3)4)21(7)20(6)22(8)28(32)25-16-23(29)12-13-26(25)30/h10,12-16,21,24,29-30H,9,11H2,1-8H3/b19-15+,22-20+. The zero-order valence-corrected chi connectivity index (χ0v) is 20.7. The molecular weight excluding hydrogens is 400 g/mol. The molecule has 1 aromatic rings. The fourth-order valence-electron chi connectivity index (χ4n) is 3.53. The first-order valence-corrected chi connectivity index (χ1v) is 11.1. The molecule has 1 aromatic carbocycles. The topological polar surface area (TPSA) is 74.6 Å². The molecule has 0 aliphatic carbocycles. The minimum absolute atomic E-state index is 0.0215. The summed E-state index contributed by atoms with van der Waals surface area (Å²) in [5.74, 6) is -1.20.